The predicted molar refractivity (Wildman–Crippen MR) is 93.8 cm³/mol. The van der Waals surface area contributed by atoms with Crippen LogP contribution in [0.4, 0.5) is 13.2 Å². The number of nitriles is 1. The molecule has 0 radical (unpaired) electrons. The third-order valence-electron chi connectivity index (χ3n) is 3.36. The van der Waals surface area contributed by atoms with Crippen LogP contribution in [0, 0.1) is 17.1 Å². The first-order valence-corrected chi connectivity index (χ1v) is 8.70. The molecule has 136 valence electrons. The first kappa shape index (κ1) is 19.8. The number of aromatic nitrogens is 1. The minimum Gasteiger partial charge on any atom is -0.255 e. The maximum atomic E-state index is 14.0. The van der Waals surface area contributed by atoms with Crippen molar-refractivity contribution in [2.75, 3.05) is 0 Å². The highest BCUT2D eigenvalue weighted by molar-refractivity contribution is 7.85. The molecular weight excluding hydrogens is 363 g/mol. The zero-order chi connectivity index (χ0) is 19.5. The van der Waals surface area contributed by atoms with Crippen LogP contribution in [-0.4, -0.2) is 19.7 Å². The lowest BCUT2D eigenvalue weighted by atomic mass is 9.98. The van der Waals surface area contributed by atoms with Gasteiger partial charge < -0.3 is 0 Å². The van der Waals surface area contributed by atoms with Crippen molar-refractivity contribution < 1.29 is 17.4 Å². The Hall–Kier alpha value is -2.53. The van der Waals surface area contributed by atoms with Gasteiger partial charge in [0, 0.05) is 17.3 Å². The van der Waals surface area contributed by atoms with Crippen LogP contribution < -0.4 is 0 Å². The molecule has 0 aliphatic rings. The van der Waals surface area contributed by atoms with Crippen LogP contribution in [0.3, 0.4) is 0 Å². The van der Waals surface area contributed by atoms with E-state index in [0.717, 1.165) is 18.3 Å². The molecule has 0 saturated carbocycles. The van der Waals surface area contributed by atoms with E-state index in [4.69, 9.17) is 0 Å². The summed E-state index contributed by atoms with van der Waals surface area (Å²) in [4.78, 5) is 3.58. The minimum atomic E-state index is -2.81. The Morgan fingerprint density at radius 3 is 2.58 bits per heavy atom. The summed E-state index contributed by atoms with van der Waals surface area (Å²) >= 11 is 0. The third kappa shape index (κ3) is 4.35. The van der Waals surface area contributed by atoms with E-state index in [0.29, 0.717) is 0 Å². The summed E-state index contributed by atoms with van der Waals surface area (Å²) in [5, 5.41) is 9.28. The van der Waals surface area contributed by atoms with Gasteiger partial charge in [-0.1, -0.05) is 12.1 Å². The maximum Gasteiger partial charge on any atom is 0.280 e. The average molecular weight is 379 g/mol. The van der Waals surface area contributed by atoms with Gasteiger partial charge in [-0.05, 0) is 39.0 Å². The smallest absolute Gasteiger partial charge is 0.255 e. The van der Waals surface area contributed by atoms with E-state index in [1.165, 1.54) is 18.2 Å². The monoisotopic (exact) mass is 379 g/mol. The van der Waals surface area contributed by atoms with Crippen LogP contribution in [0.5, 0.6) is 0 Å². The van der Waals surface area contributed by atoms with E-state index < -0.39 is 33.7 Å². The second-order valence-corrected chi connectivity index (χ2v) is 8.25. The number of hydrogen-bond acceptors (Lipinski definition) is 3. The van der Waals surface area contributed by atoms with Crippen LogP contribution in [0.1, 0.15) is 49.6 Å². The van der Waals surface area contributed by atoms with Crippen molar-refractivity contribution in [1.29, 1.82) is 5.26 Å². The summed E-state index contributed by atoms with van der Waals surface area (Å²) in [7, 11) is -1.75. The number of benzene rings is 1. The lowest BCUT2D eigenvalue weighted by molar-refractivity contribution is 0.146. The molecular formula is C18H16F3N3OS. The SMILES string of the molecule is CC(C)(C)[S@](=O)N=C(c1ccnc(C(F)F)c1)c1cccc(F)c1C#N. The molecule has 26 heavy (non-hydrogen) atoms. The Morgan fingerprint density at radius 2 is 2.00 bits per heavy atom. The van der Waals surface area contributed by atoms with Crippen molar-refractivity contribution >= 4 is 16.7 Å². The molecule has 1 heterocycles. The number of hydrogen-bond donors (Lipinski definition) is 0. The van der Waals surface area contributed by atoms with Crippen LogP contribution in [0.15, 0.2) is 40.9 Å². The van der Waals surface area contributed by atoms with E-state index in [2.05, 4.69) is 9.38 Å². The predicted octanol–water partition coefficient (Wildman–Crippen LogP) is 4.33. The van der Waals surface area contributed by atoms with Gasteiger partial charge >= 0.3 is 0 Å². The van der Waals surface area contributed by atoms with Gasteiger partial charge in [0.2, 0.25) is 0 Å². The Kier molecular flexibility index (Phi) is 5.93. The van der Waals surface area contributed by atoms with Crippen molar-refractivity contribution in [1.82, 2.24) is 4.98 Å². The van der Waals surface area contributed by atoms with Crippen molar-refractivity contribution in [3.63, 3.8) is 0 Å². The maximum absolute atomic E-state index is 14.0. The third-order valence-corrected chi connectivity index (χ3v) is 4.75. The summed E-state index contributed by atoms with van der Waals surface area (Å²) in [6.07, 6.45) is -1.65. The van der Waals surface area contributed by atoms with E-state index in [1.54, 1.807) is 26.8 Å². The molecule has 4 nitrogen and oxygen atoms in total. The summed E-state index contributed by atoms with van der Waals surface area (Å²) < 4.78 is 55.9. The average Bonchev–Trinajstić information content (AvgIpc) is 2.58. The molecule has 1 aromatic heterocycles. The number of pyridine rings is 1. The summed E-state index contributed by atoms with van der Waals surface area (Å²) in [5.41, 5.74) is -0.538. The van der Waals surface area contributed by atoms with Crippen LogP contribution in [0.2, 0.25) is 0 Å². The number of halogens is 3. The highest BCUT2D eigenvalue weighted by Crippen LogP contribution is 2.23. The van der Waals surface area contributed by atoms with E-state index >= 15 is 0 Å². The number of alkyl halides is 2. The van der Waals surface area contributed by atoms with Gasteiger partial charge in [-0.25, -0.2) is 17.4 Å². The fourth-order valence-electron chi connectivity index (χ4n) is 2.03. The normalized spacial score (nSPS) is 13.5. The van der Waals surface area contributed by atoms with Crippen molar-refractivity contribution in [3.05, 3.63) is 64.7 Å². The molecule has 0 spiro atoms. The lowest BCUT2D eigenvalue weighted by Gasteiger charge is -2.16. The molecule has 2 rings (SSSR count). The van der Waals surface area contributed by atoms with E-state index in [-0.39, 0.29) is 22.4 Å². The fraction of sp³-hybridized carbons (Fsp3) is 0.278. The van der Waals surface area contributed by atoms with Gasteiger partial charge in [0.25, 0.3) is 6.43 Å². The summed E-state index contributed by atoms with van der Waals surface area (Å²) in [6, 6.07) is 8.15. The summed E-state index contributed by atoms with van der Waals surface area (Å²) in [5.74, 6) is -0.776. The zero-order valence-electron chi connectivity index (χ0n) is 14.3. The van der Waals surface area contributed by atoms with Gasteiger partial charge in [0.1, 0.15) is 28.6 Å². The quantitative estimate of drug-likeness (QED) is 0.743. The van der Waals surface area contributed by atoms with Crippen molar-refractivity contribution in [2.24, 2.45) is 4.40 Å². The van der Waals surface area contributed by atoms with Crippen molar-refractivity contribution in [3.8, 4) is 6.07 Å². The Labute approximate surface area is 152 Å². The van der Waals surface area contributed by atoms with Crippen LogP contribution in [0.25, 0.3) is 0 Å². The molecule has 0 bridgehead atoms. The fourth-order valence-corrected chi connectivity index (χ4v) is 2.67. The van der Waals surface area contributed by atoms with E-state index in [9.17, 15) is 22.6 Å². The Bertz CT molecular complexity index is 915. The second kappa shape index (κ2) is 7.79. The molecule has 1 aromatic carbocycles. The van der Waals surface area contributed by atoms with Crippen LogP contribution in [-0.2, 0) is 11.0 Å². The second-order valence-electron chi connectivity index (χ2n) is 6.35. The first-order valence-electron chi connectivity index (χ1n) is 7.59. The highest BCUT2D eigenvalue weighted by atomic mass is 32.2. The lowest BCUT2D eigenvalue weighted by Crippen LogP contribution is -2.22. The minimum absolute atomic E-state index is 0.00129. The van der Waals surface area contributed by atoms with Gasteiger partial charge in [-0.15, -0.1) is 0 Å². The van der Waals surface area contributed by atoms with Gasteiger partial charge in [-0.3, -0.25) is 4.98 Å². The van der Waals surface area contributed by atoms with Gasteiger partial charge in [0.15, 0.2) is 0 Å². The molecule has 1 atom stereocenters. The first-order chi connectivity index (χ1) is 12.1. The Balaban J connectivity index is 2.75. The van der Waals surface area contributed by atoms with Gasteiger partial charge in [-0.2, -0.15) is 9.66 Å². The topological polar surface area (TPSA) is 66.1 Å². The Morgan fingerprint density at radius 1 is 1.31 bits per heavy atom. The molecule has 2 aromatic rings. The standard InChI is InChI=1S/C18H16F3N3OS/c1-18(2,3)26(25)24-16(11-7-8-23-15(9-11)17(20)21)12-5-4-6-14(19)13(12)10-22/h4-9,17H,1-3H3/t26-/m0/s1. The molecule has 0 unspecified atom stereocenters. The highest BCUT2D eigenvalue weighted by Gasteiger charge is 2.23. The molecule has 0 aliphatic carbocycles. The molecule has 0 amide bonds. The number of rotatable bonds is 4. The van der Waals surface area contributed by atoms with Crippen LogP contribution >= 0.6 is 0 Å². The van der Waals surface area contributed by atoms with Crippen molar-refractivity contribution in [2.45, 2.75) is 31.9 Å². The molecule has 0 aliphatic heterocycles. The summed E-state index contributed by atoms with van der Waals surface area (Å²) in [6.45, 7) is 5.08. The molecule has 0 fully saturated rings. The molecule has 0 saturated heterocycles. The van der Waals surface area contributed by atoms with E-state index in [1.807, 2.05) is 0 Å². The zero-order valence-corrected chi connectivity index (χ0v) is 15.1. The number of nitrogens with zero attached hydrogens (tertiary/aromatic N) is 3. The van der Waals surface area contributed by atoms with Gasteiger partial charge in [0.05, 0.1) is 16.0 Å². The molecule has 0 N–H and O–H groups in total. The largest absolute Gasteiger partial charge is 0.280 e. The molecule has 8 heteroatoms.